The van der Waals surface area contributed by atoms with Gasteiger partial charge in [-0.15, -0.1) is 23.2 Å². The minimum Gasteiger partial charge on any atom is -0.452 e. The number of nitrogens with zero attached hydrogens (tertiary/aromatic N) is 1. The molecule has 0 aromatic heterocycles. The number of imide groups is 1. The maximum absolute atomic E-state index is 12.9. The summed E-state index contributed by atoms with van der Waals surface area (Å²) in [5, 5.41) is -0.806. The summed E-state index contributed by atoms with van der Waals surface area (Å²) in [7, 11) is 0. The largest absolute Gasteiger partial charge is 0.452 e. The van der Waals surface area contributed by atoms with Gasteiger partial charge in [-0.3, -0.25) is 34.9 Å². The molecule has 4 atom stereocenters. The molecule has 9 nitrogen and oxygen atoms in total. The van der Waals surface area contributed by atoms with Crippen LogP contribution in [0, 0.1) is 11.8 Å². The Labute approximate surface area is 210 Å². The first-order chi connectivity index (χ1) is 16.8. The molecule has 1 saturated carbocycles. The highest BCUT2D eigenvalue weighted by atomic mass is 35.5. The van der Waals surface area contributed by atoms with Crippen molar-refractivity contribution >= 4 is 58.5 Å². The average Bonchev–Trinajstić information content (AvgIpc) is 3.10. The van der Waals surface area contributed by atoms with E-state index in [0.717, 1.165) is 4.90 Å². The van der Waals surface area contributed by atoms with Crippen LogP contribution in [0.25, 0.3) is 0 Å². The van der Waals surface area contributed by atoms with Gasteiger partial charge in [0.15, 0.2) is 6.61 Å². The van der Waals surface area contributed by atoms with Gasteiger partial charge in [-0.1, -0.05) is 24.3 Å². The molecule has 0 unspecified atom stereocenters. The van der Waals surface area contributed by atoms with E-state index in [2.05, 4.69) is 10.9 Å². The molecule has 0 bridgehead atoms. The van der Waals surface area contributed by atoms with E-state index in [-0.39, 0.29) is 23.1 Å². The van der Waals surface area contributed by atoms with Crippen molar-refractivity contribution in [2.45, 2.75) is 23.6 Å². The molecular formula is C24H21Cl2N3O6. The van der Waals surface area contributed by atoms with Crippen LogP contribution in [0.2, 0.25) is 0 Å². The zero-order valence-corrected chi connectivity index (χ0v) is 19.8. The van der Waals surface area contributed by atoms with E-state index >= 15 is 0 Å². The van der Waals surface area contributed by atoms with Gasteiger partial charge in [0.05, 0.1) is 33.8 Å². The van der Waals surface area contributed by atoms with Gasteiger partial charge in [-0.25, -0.2) is 4.79 Å². The molecule has 4 rings (SSSR count). The number of amides is 4. The fourth-order valence-corrected chi connectivity index (χ4v) is 4.75. The van der Waals surface area contributed by atoms with Crippen molar-refractivity contribution in [1.82, 2.24) is 10.9 Å². The number of hydrazine groups is 1. The Morgan fingerprint density at radius 2 is 1.46 bits per heavy atom. The van der Waals surface area contributed by atoms with Gasteiger partial charge in [0, 0.05) is 5.56 Å². The Morgan fingerprint density at radius 3 is 2.09 bits per heavy atom. The number of esters is 1. The van der Waals surface area contributed by atoms with Crippen molar-refractivity contribution in [2.24, 2.45) is 11.8 Å². The molecule has 2 fully saturated rings. The van der Waals surface area contributed by atoms with Crippen LogP contribution in [-0.2, 0) is 19.1 Å². The fraction of sp³-hybridized carbons (Fsp3) is 0.292. The normalized spacial score (nSPS) is 23.4. The maximum Gasteiger partial charge on any atom is 0.338 e. The van der Waals surface area contributed by atoms with Gasteiger partial charge in [-0.05, 0) is 43.2 Å². The van der Waals surface area contributed by atoms with Gasteiger partial charge in [0.25, 0.3) is 11.8 Å². The van der Waals surface area contributed by atoms with Crippen LogP contribution in [-0.4, -0.2) is 47.0 Å². The van der Waals surface area contributed by atoms with Crippen LogP contribution in [0.4, 0.5) is 5.69 Å². The minimum absolute atomic E-state index is 0.0459. The first kappa shape index (κ1) is 24.7. The van der Waals surface area contributed by atoms with Crippen LogP contribution in [0.15, 0.2) is 54.6 Å². The molecule has 182 valence electrons. The molecule has 1 aliphatic carbocycles. The molecule has 2 aromatic rings. The van der Waals surface area contributed by atoms with Gasteiger partial charge in [-0.2, -0.15) is 0 Å². The summed E-state index contributed by atoms with van der Waals surface area (Å²) in [6.07, 6.45) is 0.609. The summed E-state index contributed by atoms with van der Waals surface area (Å²) in [6, 6.07) is 14.1. The van der Waals surface area contributed by atoms with Gasteiger partial charge in [0.2, 0.25) is 11.8 Å². The van der Waals surface area contributed by atoms with Crippen molar-refractivity contribution in [3.05, 3.63) is 65.7 Å². The Balaban J connectivity index is 1.35. The Kier molecular flexibility index (Phi) is 7.37. The van der Waals surface area contributed by atoms with Crippen molar-refractivity contribution < 1.29 is 28.7 Å². The summed E-state index contributed by atoms with van der Waals surface area (Å²) in [4.78, 5) is 63.3. The minimum atomic E-state index is -0.838. The van der Waals surface area contributed by atoms with Crippen LogP contribution in [0.5, 0.6) is 0 Å². The number of nitrogens with one attached hydrogen (secondary N) is 2. The first-order valence-corrected chi connectivity index (χ1v) is 11.7. The second-order valence-corrected chi connectivity index (χ2v) is 9.34. The molecular weight excluding hydrogens is 497 g/mol. The van der Waals surface area contributed by atoms with Gasteiger partial charge < -0.3 is 4.74 Å². The molecule has 2 aliphatic rings. The number of carbonyl (C=O) groups excluding carboxylic acids is 5. The standard InChI is InChI=1S/C24H21Cl2N3O6/c25-18-10-16-17(11-19(18)26)23(33)29(22(16)32)15-8-4-7-14(9-15)24(34)35-12-20(30)27-28-21(31)13-5-2-1-3-6-13/h1-9,16-19H,10-12H2,(H,27,30)(H,28,31)/t16-,17+,18-,19-/m0/s1. The van der Waals surface area contributed by atoms with E-state index in [1.807, 2.05) is 0 Å². The molecule has 4 amide bonds. The van der Waals surface area contributed by atoms with E-state index < -0.39 is 47.0 Å². The smallest absolute Gasteiger partial charge is 0.338 e. The number of hydrogen-bond acceptors (Lipinski definition) is 6. The van der Waals surface area contributed by atoms with Crippen molar-refractivity contribution in [3.8, 4) is 0 Å². The SMILES string of the molecule is O=C(COC(=O)c1cccc(N2C(=O)[C@H]3C[C@H](Cl)[C@@H](Cl)C[C@H]3C2=O)c1)NNC(=O)c1ccccc1. The van der Waals surface area contributed by atoms with E-state index in [0.29, 0.717) is 18.4 Å². The fourth-order valence-electron chi connectivity index (χ4n) is 4.16. The number of rotatable bonds is 5. The predicted molar refractivity (Wildman–Crippen MR) is 127 cm³/mol. The van der Waals surface area contributed by atoms with E-state index in [1.165, 1.54) is 24.3 Å². The molecule has 2 aromatic carbocycles. The lowest BCUT2D eigenvalue weighted by atomic mass is 9.80. The van der Waals surface area contributed by atoms with Crippen molar-refractivity contribution in [3.63, 3.8) is 0 Å². The third-order valence-electron chi connectivity index (χ3n) is 5.94. The molecule has 11 heteroatoms. The summed E-state index contributed by atoms with van der Waals surface area (Å²) < 4.78 is 5.00. The Hall–Kier alpha value is -3.43. The molecule has 1 aliphatic heterocycles. The Bertz CT molecular complexity index is 1150. The van der Waals surface area contributed by atoms with Gasteiger partial charge >= 0.3 is 5.97 Å². The summed E-state index contributed by atoms with van der Waals surface area (Å²) in [6.45, 7) is -0.655. The molecule has 0 spiro atoms. The number of benzene rings is 2. The van der Waals surface area contributed by atoms with Crippen LogP contribution < -0.4 is 15.8 Å². The van der Waals surface area contributed by atoms with E-state index in [4.69, 9.17) is 27.9 Å². The van der Waals surface area contributed by atoms with Crippen molar-refractivity contribution in [2.75, 3.05) is 11.5 Å². The Morgan fingerprint density at radius 1 is 0.857 bits per heavy atom. The maximum atomic E-state index is 12.9. The zero-order valence-electron chi connectivity index (χ0n) is 18.3. The van der Waals surface area contributed by atoms with Gasteiger partial charge in [0.1, 0.15) is 0 Å². The topological polar surface area (TPSA) is 122 Å². The number of alkyl halides is 2. The van der Waals surface area contributed by atoms with Crippen LogP contribution in [0.3, 0.4) is 0 Å². The number of halogens is 2. The van der Waals surface area contributed by atoms with Crippen LogP contribution >= 0.6 is 23.2 Å². The molecule has 1 saturated heterocycles. The predicted octanol–water partition coefficient (Wildman–Crippen LogP) is 2.42. The number of anilines is 1. The van der Waals surface area contributed by atoms with E-state index in [9.17, 15) is 24.0 Å². The number of hydrogen-bond donors (Lipinski definition) is 2. The third kappa shape index (κ3) is 5.31. The second-order valence-electron chi connectivity index (χ2n) is 8.22. The quantitative estimate of drug-likeness (QED) is 0.272. The lowest BCUT2D eigenvalue weighted by Gasteiger charge is -2.28. The average molecular weight is 518 g/mol. The lowest BCUT2D eigenvalue weighted by molar-refractivity contribution is -0.125. The third-order valence-corrected chi connectivity index (χ3v) is 7.03. The molecule has 2 N–H and O–H groups in total. The number of fused-ring (bicyclic) bond motifs is 1. The lowest BCUT2D eigenvalue weighted by Crippen LogP contribution is -2.43. The van der Waals surface area contributed by atoms with E-state index in [1.54, 1.807) is 30.3 Å². The highest BCUT2D eigenvalue weighted by molar-refractivity contribution is 6.31. The van der Waals surface area contributed by atoms with Crippen molar-refractivity contribution in [1.29, 1.82) is 0 Å². The number of ether oxygens (including phenoxy) is 1. The summed E-state index contributed by atoms with van der Waals surface area (Å²) in [5.41, 5.74) is 4.99. The molecule has 1 heterocycles. The highest BCUT2D eigenvalue weighted by Crippen LogP contribution is 2.43. The second kappa shape index (κ2) is 10.5. The summed E-state index contributed by atoms with van der Waals surface area (Å²) in [5.74, 6) is -3.98. The molecule has 35 heavy (non-hydrogen) atoms. The molecule has 0 radical (unpaired) electrons. The number of carbonyl (C=O) groups is 5. The highest BCUT2D eigenvalue weighted by Gasteiger charge is 2.52. The first-order valence-electron chi connectivity index (χ1n) is 10.8. The zero-order chi connectivity index (χ0) is 25.1. The monoisotopic (exact) mass is 517 g/mol. The van der Waals surface area contributed by atoms with Crippen LogP contribution in [0.1, 0.15) is 33.6 Å². The summed E-state index contributed by atoms with van der Waals surface area (Å²) >= 11 is 12.4.